The normalized spacial score (nSPS) is 11.7. The number of benzene rings is 2. The maximum absolute atomic E-state index is 12.3. The molecule has 0 fully saturated rings. The minimum Gasteiger partial charge on any atom is -0.497 e. The molecule has 0 radical (unpaired) electrons. The average molecular weight is 395 g/mol. The number of nitrogens with one attached hydrogen (secondary N) is 1. The summed E-state index contributed by atoms with van der Waals surface area (Å²) in [5.74, 6) is 1.92. The molecule has 8 heteroatoms. The molecule has 1 atom stereocenters. The van der Waals surface area contributed by atoms with Crippen molar-refractivity contribution in [2.45, 2.75) is 32.4 Å². The van der Waals surface area contributed by atoms with Crippen LogP contribution in [0.2, 0.25) is 0 Å². The third-order valence-corrected chi connectivity index (χ3v) is 4.53. The molecular weight excluding hydrogens is 370 g/mol. The highest BCUT2D eigenvalue weighted by Crippen LogP contribution is 2.29. The van der Waals surface area contributed by atoms with Gasteiger partial charge in [-0.2, -0.15) is 4.80 Å². The molecule has 3 rings (SSSR count). The molecule has 0 saturated heterocycles. The van der Waals surface area contributed by atoms with Gasteiger partial charge in [0.2, 0.25) is 11.7 Å². The molecule has 1 aromatic heterocycles. The molecule has 0 aliphatic rings. The smallest absolute Gasteiger partial charge is 0.220 e. The molecule has 29 heavy (non-hydrogen) atoms. The number of carbonyl (C=O) groups is 1. The fourth-order valence-electron chi connectivity index (χ4n) is 2.99. The van der Waals surface area contributed by atoms with Crippen LogP contribution in [0.15, 0.2) is 48.5 Å². The van der Waals surface area contributed by atoms with E-state index in [2.05, 4.69) is 20.7 Å². The van der Waals surface area contributed by atoms with E-state index < -0.39 is 0 Å². The molecule has 8 nitrogen and oxygen atoms in total. The average Bonchev–Trinajstić information content (AvgIpc) is 3.22. The van der Waals surface area contributed by atoms with Crippen LogP contribution < -0.4 is 14.8 Å². The Morgan fingerprint density at radius 1 is 1.14 bits per heavy atom. The predicted octanol–water partition coefficient (Wildman–Crippen LogP) is 3.01. The molecule has 0 saturated carbocycles. The second kappa shape index (κ2) is 9.68. The molecule has 1 heterocycles. The summed E-state index contributed by atoms with van der Waals surface area (Å²) in [6.45, 7) is 2.45. The summed E-state index contributed by atoms with van der Waals surface area (Å²) in [5.41, 5.74) is 1.81. The van der Waals surface area contributed by atoms with E-state index in [1.807, 2.05) is 49.4 Å². The summed E-state index contributed by atoms with van der Waals surface area (Å²) < 4.78 is 10.6. The Labute approximate surface area is 169 Å². The Hall–Kier alpha value is -3.42. The molecule has 0 aliphatic carbocycles. The van der Waals surface area contributed by atoms with Crippen LogP contribution in [0.5, 0.6) is 11.5 Å². The molecule has 2 aromatic carbocycles. The van der Waals surface area contributed by atoms with Crippen LogP contribution in [0.1, 0.15) is 31.4 Å². The first kappa shape index (κ1) is 20.3. The number of nitrogens with zero attached hydrogens (tertiary/aromatic N) is 4. The van der Waals surface area contributed by atoms with Crippen molar-refractivity contribution in [3.8, 4) is 22.9 Å². The number of hydrogen-bond acceptors (Lipinski definition) is 6. The lowest BCUT2D eigenvalue weighted by molar-refractivity contribution is -0.121. The number of carbonyl (C=O) groups excluding carboxylic acids is 1. The highest BCUT2D eigenvalue weighted by Gasteiger charge is 2.15. The lowest BCUT2D eigenvalue weighted by Gasteiger charge is -2.18. The van der Waals surface area contributed by atoms with E-state index in [1.54, 1.807) is 20.3 Å². The van der Waals surface area contributed by atoms with Crippen molar-refractivity contribution in [1.82, 2.24) is 25.5 Å². The summed E-state index contributed by atoms with van der Waals surface area (Å²) >= 11 is 0. The standard InChI is InChI=1S/C21H25N5O3/c1-15(18-12-11-17(28-2)14-19(18)29-3)22-20(27)10-7-13-26-24-21(23-25-26)16-8-5-4-6-9-16/h4-6,8-9,11-12,14-15H,7,10,13H2,1-3H3,(H,22,27). The van der Waals surface area contributed by atoms with Crippen molar-refractivity contribution in [2.24, 2.45) is 0 Å². The third kappa shape index (κ3) is 5.31. The molecule has 0 spiro atoms. The summed E-state index contributed by atoms with van der Waals surface area (Å²) in [4.78, 5) is 13.8. The first-order valence-corrected chi connectivity index (χ1v) is 9.45. The van der Waals surface area contributed by atoms with Gasteiger partial charge in [-0.05, 0) is 30.7 Å². The molecule has 1 N–H and O–H groups in total. The van der Waals surface area contributed by atoms with Gasteiger partial charge in [0.15, 0.2) is 0 Å². The topological polar surface area (TPSA) is 91.2 Å². The maximum Gasteiger partial charge on any atom is 0.220 e. The summed E-state index contributed by atoms with van der Waals surface area (Å²) in [6, 6.07) is 15.0. The largest absolute Gasteiger partial charge is 0.497 e. The quantitative estimate of drug-likeness (QED) is 0.599. The van der Waals surface area contributed by atoms with Crippen LogP contribution in [-0.2, 0) is 11.3 Å². The zero-order valence-corrected chi connectivity index (χ0v) is 16.8. The van der Waals surface area contributed by atoms with Gasteiger partial charge < -0.3 is 14.8 Å². The van der Waals surface area contributed by atoms with Gasteiger partial charge in [-0.25, -0.2) is 0 Å². The van der Waals surface area contributed by atoms with Crippen LogP contribution in [0.25, 0.3) is 11.4 Å². The Morgan fingerprint density at radius 3 is 2.66 bits per heavy atom. The zero-order chi connectivity index (χ0) is 20.6. The van der Waals surface area contributed by atoms with E-state index in [1.165, 1.54) is 4.80 Å². The second-order valence-electron chi connectivity index (χ2n) is 6.58. The third-order valence-electron chi connectivity index (χ3n) is 4.53. The van der Waals surface area contributed by atoms with E-state index >= 15 is 0 Å². The Balaban J connectivity index is 1.50. The summed E-state index contributed by atoms with van der Waals surface area (Å²) in [7, 11) is 3.20. The van der Waals surface area contributed by atoms with E-state index in [0.717, 1.165) is 11.1 Å². The minimum atomic E-state index is -0.183. The van der Waals surface area contributed by atoms with Crippen molar-refractivity contribution >= 4 is 5.91 Å². The number of hydrogen-bond donors (Lipinski definition) is 1. The number of amides is 1. The van der Waals surface area contributed by atoms with E-state index in [4.69, 9.17) is 9.47 Å². The zero-order valence-electron chi connectivity index (χ0n) is 16.8. The van der Waals surface area contributed by atoms with E-state index in [-0.39, 0.29) is 11.9 Å². The summed E-state index contributed by atoms with van der Waals surface area (Å²) in [5, 5.41) is 15.5. The molecule has 1 unspecified atom stereocenters. The minimum absolute atomic E-state index is 0.0428. The number of methoxy groups -OCH3 is 2. The molecule has 1 amide bonds. The Kier molecular flexibility index (Phi) is 6.78. The molecule has 0 aliphatic heterocycles. The molecule has 3 aromatic rings. The van der Waals surface area contributed by atoms with E-state index in [9.17, 15) is 4.79 Å². The highest BCUT2D eigenvalue weighted by molar-refractivity contribution is 5.76. The number of aromatic nitrogens is 4. The van der Waals surface area contributed by atoms with Gasteiger partial charge in [-0.1, -0.05) is 30.3 Å². The van der Waals surface area contributed by atoms with Crippen molar-refractivity contribution < 1.29 is 14.3 Å². The first-order valence-electron chi connectivity index (χ1n) is 9.45. The van der Waals surface area contributed by atoms with Crippen molar-refractivity contribution in [3.63, 3.8) is 0 Å². The van der Waals surface area contributed by atoms with Crippen molar-refractivity contribution in [3.05, 3.63) is 54.1 Å². The highest BCUT2D eigenvalue weighted by atomic mass is 16.5. The van der Waals surface area contributed by atoms with Gasteiger partial charge in [0.05, 0.1) is 26.8 Å². The second-order valence-corrected chi connectivity index (χ2v) is 6.58. The monoisotopic (exact) mass is 395 g/mol. The predicted molar refractivity (Wildman–Crippen MR) is 109 cm³/mol. The van der Waals surface area contributed by atoms with Crippen LogP contribution in [0.4, 0.5) is 0 Å². The fourth-order valence-corrected chi connectivity index (χ4v) is 2.99. The van der Waals surface area contributed by atoms with Gasteiger partial charge in [0.1, 0.15) is 11.5 Å². The van der Waals surface area contributed by atoms with Crippen molar-refractivity contribution in [1.29, 1.82) is 0 Å². The lowest BCUT2D eigenvalue weighted by Crippen LogP contribution is -2.27. The number of rotatable bonds is 9. The lowest BCUT2D eigenvalue weighted by atomic mass is 10.1. The van der Waals surface area contributed by atoms with Crippen LogP contribution in [-0.4, -0.2) is 40.3 Å². The fraction of sp³-hybridized carbons (Fsp3) is 0.333. The van der Waals surface area contributed by atoms with Crippen LogP contribution >= 0.6 is 0 Å². The number of aryl methyl sites for hydroxylation is 1. The maximum atomic E-state index is 12.3. The van der Waals surface area contributed by atoms with Crippen LogP contribution in [0, 0.1) is 0 Å². The van der Waals surface area contributed by atoms with Gasteiger partial charge in [-0.15, -0.1) is 10.2 Å². The molecule has 0 bridgehead atoms. The molecule has 152 valence electrons. The van der Waals surface area contributed by atoms with E-state index in [0.29, 0.717) is 36.7 Å². The Bertz CT molecular complexity index is 942. The van der Waals surface area contributed by atoms with Crippen LogP contribution in [0.3, 0.4) is 0 Å². The molecular formula is C21H25N5O3. The number of tetrazole rings is 1. The van der Waals surface area contributed by atoms with Gasteiger partial charge in [-0.3, -0.25) is 4.79 Å². The first-order chi connectivity index (χ1) is 14.1. The van der Waals surface area contributed by atoms with Gasteiger partial charge >= 0.3 is 0 Å². The van der Waals surface area contributed by atoms with Crippen molar-refractivity contribution in [2.75, 3.05) is 14.2 Å². The van der Waals surface area contributed by atoms with Gasteiger partial charge in [0, 0.05) is 23.6 Å². The SMILES string of the molecule is COc1ccc(C(C)NC(=O)CCCn2nnc(-c3ccccc3)n2)c(OC)c1. The van der Waals surface area contributed by atoms with Gasteiger partial charge in [0.25, 0.3) is 0 Å². The Morgan fingerprint density at radius 2 is 1.93 bits per heavy atom. The number of ether oxygens (including phenoxy) is 2. The summed E-state index contributed by atoms with van der Waals surface area (Å²) in [6.07, 6.45) is 0.980.